The largest absolute Gasteiger partial charge is 0.508 e. The van der Waals surface area contributed by atoms with Crippen LogP contribution in [0.25, 0.3) is 0 Å². The van der Waals surface area contributed by atoms with Gasteiger partial charge in [0.05, 0.1) is 5.69 Å². The van der Waals surface area contributed by atoms with Gasteiger partial charge in [0.1, 0.15) is 23.0 Å². The molecule has 4 aromatic rings. The summed E-state index contributed by atoms with van der Waals surface area (Å²) in [6.07, 6.45) is 0. The number of hydrogen-bond acceptors (Lipinski definition) is 5. The Kier molecular flexibility index (Phi) is 6.35. The van der Waals surface area contributed by atoms with Crippen molar-refractivity contribution in [1.29, 1.82) is 0 Å². The van der Waals surface area contributed by atoms with Gasteiger partial charge < -0.3 is 25.0 Å². The van der Waals surface area contributed by atoms with Gasteiger partial charge >= 0.3 is 0 Å². The molecule has 0 bridgehead atoms. The quantitative estimate of drug-likeness (QED) is 0.277. The lowest BCUT2D eigenvalue weighted by atomic mass is 10.0. The molecule has 5 nitrogen and oxygen atoms in total. The predicted molar refractivity (Wildman–Crippen MR) is 141 cm³/mol. The molecular weight excluding hydrogens is 438 g/mol. The van der Waals surface area contributed by atoms with E-state index in [1.54, 1.807) is 12.1 Å². The molecule has 0 spiro atoms. The van der Waals surface area contributed by atoms with Crippen LogP contribution in [-0.4, -0.2) is 15.3 Å². The highest BCUT2D eigenvalue weighted by Gasteiger charge is 2.23. The maximum Gasteiger partial charge on any atom is 0.151 e. The fourth-order valence-electron chi connectivity index (χ4n) is 4.22. The third kappa shape index (κ3) is 4.50. The van der Waals surface area contributed by atoms with E-state index in [2.05, 4.69) is 4.90 Å². The molecule has 35 heavy (non-hydrogen) atoms. The topological polar surface area (TPSA) is 73.2 Å². The van der Waals surface area contributed by atoms with Crippen molar-refractivity contribution in [3.05, 3.63) is 94.0 Å². The van der Waals surface area contributed by atoms with Gasteiger partial charge in [0.15, 0.2) is 5.75 Å². The number of benzene rings is 4. The van der Waals surface area contributed by atoms with Crippen molar-refractivity contribution in [2.45, 2.75) is 41.5 Å². The molecule has 0 heterocycles. The number of rotatable bonds is 5. The van der Waals surface area contributed by atoms with Crippen LogP contribution in [0.1, 0.15) is 33.4 Å². The first-order valence-electron chi connectivity index (χ1n) is 11.5. The minimum absolute atomic E-state index is 0.215. The summed E-state index contributed by atoms with van der Waals surface area (Å²) in [6.45, 7) is 11.3. The Hall–Kier alpha value is -4.12. The van der Waals surface area contributed by atoms with Crippen molar-refractivity contribution in [3.63, 3.8) is 0 Å². The Morgan fingerprint density at radius 2 is 1.09 bits per heavy atom. The molecule has 0 amide bonds. The third-order valence-corrected chi connectivity index (χ3v) is 6.42. The number of hydrogen-bond donors (Lipinski definition) is 3. The van der Waals surface area contributed by atoms with Crippen LogP contribution in [0.15, 0.2) is 60.7 Å². The van der Waals surface area contributed by atoms with E-state index in [0.717, 1.165) is 44.9 Å². The fraction of sp³-hybridized carbons (Fsp3) is 0.200. The van der Waals surface area contributed by atoms with Crippen molar-refractivity contribution < 1.29 is 20.1 Å². The van der Waals surface area contributed by atoms with Crippen LogP contribution in [0.2, 0.25) is 0 Å². The minimum atomic E-state index is 0.215. The summed E-state index contributed by atoms with van der Waals surface area (Å²) in [5.74, 6) is 1.86. The van der Waals surface area contributed by atoms with Gasteiger partial charge in [-0.1, -0.05) is 18.2 Å². The summed E-state index contributed by atoms with van der Waals surface area (Å²) >= 11 is 0. The summed E-state index contributed by atoms with van der Waals surface area (Å²) in [6, 6.07) is 18.8. The Morgan fingerprint density at radius 1 is 0.543 bits per heavy atom. The van der Waals surface area contributed by atoms with Gasteiger partial charge in [-0.3, -0.25) is 0 Å². The van der Waals surface area contributed by atoms with Crippen molar-refractivity contribution in [2.75, 3.05) is 4.90 Å². The van der Waals surface area contributed by atoms with Gasteiger partial charge in [0.2, 0.25) is 0 Å². The maximum atomic E-state index is 10.4. The predicted octanol–water partition coefficient (Wildman–Crippen LogP) is 7.92. The molecule has 180 valence electrons. The number of aryl methyl sites for hydroxylation is 5. The van der Waals surface area contributed by atoms with Gasteiger partial charge in [0, 0.05) is 16.9 Å². The first-order valence-corrected chi connectivity index (χ1v) is 11.5. The number of phenolic OH excluding ortho intramolecular Hbond substituents is 3. The van der Waals surface area contributed by atoms with Gasteiger partial charge in [-0.15, -0.1) is 0 Å². The minimum Gasteiger partial charge on any atom is -0.508 e. The molecule has 4 rings (SSSR count). The number of aromatic hydroxyl groups is 3. The highest BCUT2D eigenvalue weighted by Crippen LogP contribution is 2.46. The lowest BCUT2D eigenvalue weighted by Crippen LogP contribution is -2.14. The highest BCUT2D eigenvalue weighted by atomic mass is 16.5. The highest BCUT2D eigenvalue weighted by molar-refractivity contribution is 5.84. The number of ether oxygens (including phenoxy) is 1. The first kappa shape index (κ1) is 24.0. The number of para-hydroxylation sites is 2. The summed E-state index contributed by atoms with van der Waals surface area (Å²) < 4.78 is 6.39. The molecular formula is C30H31NO4. The summed E-state index contributed by atoms with van der Waals surface area (Å²) in [5, 5.41) is 31.1. The Bertz CT molecular complexity index is 1370. The van der Waals surface area contributed by atoms with Crippen molar-refractivity contribution in [3.8, 4) is 28.7 Å². The summed E-state index contributed by atoms with van der Waals surface area (Å²) in [4.78, 5) is 2.09. The molecule has 0 saturated heterocycles. The smallest absolute Gasteiger partial charge is 0.151 e. The third-order valence-electron chi connectivity index (χ3n) is 6.42. The molecule has 4 aromatic carbocycles. The molecule has 5 heteroatoms. The second-order valence-electron chi connectivity index (χ2n) is 9.11. The molecule has 0 aliphatic rings. The lowest BCUT2D eigenvalue weighted by Gasteiger charge is -2.31. The van der Waals surface area contributed by atoms with Gasteiger partial charge in [-0.2, -0.15) is 0 Å². The normalized spacial score (nSPS) is 10.9. The standard InChI is InChI=1S/C30H31NO4/c1-17-11-12-28(22(6)30(17)34)35-29-10-8-7-9-23(29)31(24-13-20(4)26(32)15-18(24)2)25-14-21(5)27(33)16-19(25)3/h7-16,32-34H,1-6H3. The van der Waals surface area contributed by atoms with Gasteiger partial charge in [-0.25, -0.2) is 0 Å². The van der Waals surface area contributed by atoms with E-state index in [0.29, 0.717) is 17.1 Å². The lowest BCUT2D eigenvalue weighted by molar-refractivity contribution is 0.445. The van der Waals surface area contributed by atoms with Crippen molar-refractivity contribution in [1.82, 2.24) is 0 Å². The van der Waals surface area contributed by atoms with E-state index < -0.39 is 0 Å². The number of phenols is 3. The van der Waals surface area contributed by atoms with Crippen LogP contribution < -0.4 is 9.64 Å². The van der Waals surface area contributed by atoms with E-state index >= 15 is 0 Å². The second kappa shape index (κ2) is 9.26. The molecule has 0 aliphatic heterocycles. The van der Waals surface area contributed by atoms with Gasteiger partial charge in [0.25, 0.3) is 0 Å². The first-order chi connectivity index (χ1) is 16.6. The summed E-state index contributed by atoms with van der Waals surface area (Å²) in [7, 11) is 0. The summed E-state index contributed by atoms with van der Waals surface area (Å²) in [5.41, 5.74) is 7.28. The average molecular weight is 470 g/mol. The Balaban J connectivity index is 1.96. The zero-order chi connectivity index (χ0) is 25.4. The van der Waals surface area contributed by atoms with Crippen LogP contribution in [0.5, 0.6) is 28.7 Å². The molecule has 0 aliphatic carbocycles. The van der Waals surface area contributed by atoms with Gasteiger partial charge in [-0.05, 0) is 112 Å². The number of anilines is 3. The van der Waals surface area contributed by atoms with Crippen LogP contribution in [0.3, 0.4) is 0 Å². The van der Waals surface area contributed by atoms with E-state index in [4.69, 9.17) is 4.74 Å². The fourth-order valence-corrected chi connectivity index (χ4v) is 4.22. The zero-order valence-corrected chi connectivity index (χ0v) is 21.0. The van der Waals surface area contributed by atoms with Crippen LogP contribution in [0.4, 0.5) is 17.1 Å². The SMILES string of the molecule is Cc1cc(N(c2cc(C)c(O)cc2C)c2ccccc2Oc2ccc(C)c(O)c2C)c(C)cc1O. The Labute approximate surface area is 206 Å². The monoisotopic (exact) mass is 469 g/mol. The van der Waals surface area contributed by atoms with Crippen molar-refractivity contribution in [2.24, 2.45) is 0 Å². The molecule has 0 unspecified atom stereocenters. The van der Waals surface area contributed by atoms with Crippen LogP contribution >= 0.6 is 0 Å². The molecule has 0 radical (unpaired) electrons. The molecule has 3 N–H and O–H groups in total. The van der Waals surface area contributed by atoms with Crippen LogP contribution in [-0.2, 0) is 0 Å². The van der Waals surface area contributed by atoms with E-state index in [9.17, 15) is 15.3 Å². The van der Waals surface area contributed by atoms with Crippen molar-refractivity contribution >= 4 is 17.1 Å². The van der Waals surface area contributed by atoms with E-state index in [-0.39, 0.29) is 17.2 Å². The number of nitrogens with zero attached hydrogens (tertiary/aromatic N) is 1. The molecule has 0 atom stereocenters. The van der Waals surface area contributed by atoms with Crippen LogP contribution in [0, 0.1) is 41.5 Å². The average Bonchev–Trinajstić information content (AvgIpc) is 2.82. The van der Waals surface area contributed by atoms with E-state index in [1.807, 2.05) is 90.1 Å². The Morgan fingerprint density at radius 3 is 1.66 bits per heavy atom. The van der Waals surface area contributed by atoms with E-state index in [1.165, 1.54) is 0 Å². The maximum absolute atomic E-state index is 10.4. The second-order valence-corrected chi connectivity index (χ2v) is 9.11. The molecule has 0 fully saturated rings. The zero-order valence-electron chi connectivity index (χ0n) is 21.0. The molecule has 0 saturated carbocycles. The molecule has 0 aromatic heterocycles.